The quantitative estimate of drug-likeness (QED) is 0.869. The third kappa shape index (κ3) is 3.34. The Morgan fingerprint density at radius 2 is 2.22 bits per heavy atom. The molecule has 5 heteroatoms. The van der Waals surface area contributed by atoms with E-state index in [0.717, 1.165) is 15.6 Å². The molecule has 94 valence electrons. The van der Waals surface area contributed by atoms with Crippen LogP contribution in [0.2, 0.25) is 0 Å². The number of nitrogens with zero attached hydrogens (tertiary/aromatic N) is 1. The van der Waals surface area contributed by atoms with Crippen LogP contribution in [0.1, 0.15) is 12.5 Å². The van der Waals surface area contributed by atoms with Crippen LogP contribution in [0, 0.1) is 6.92 Å². The summed E-state index contributed by atoms with van der Waals surface area (Å²) in [4.78, 5) is 16.2. The number of hydrogen-bond donors (Lipinski definition) is 1. The van der Waals surface area contributed by atoms with E-state index in [1.807, 2.05) is 43.5 Å². The van der Waals surface area contributed by atoms with Gasteiger partial charge in [-0.15, -0.1) is 11.3 Å². The Hall–Kier alpha value is -1.33. The Balaban J connectivity index is 1.98. The first kappa shape index (κ1) is 13.1. The molecule has 1 amide bonds. The molecule has 0 spiro atoms. The van der Waals surface area contributed by atoms with Gasteiger partial charge in [0.25, 0.3) is 0 Å². The number of para-hydroxylation sites is 1. The topological polar surface area (TPSA) is 42.0 Å². The number of amides is 1. The lowest BCUT2D eigenvalue weighted by Crippen LogP contribution is -2.22. The molecule has 0 aliphatic heterocycles. The van der Waals surface area contributed by atoms with Gasteiger partial charge < -0.3 is 5.32 Å². The van der Waals surface area contributed by atoms with Gasteiger partial charge in [0, 0.05) is 17.3 Å². The molecule has 0 aliphatic rings. The van der Waals surface area contributed by atoms with Gasteiger partial charge in [0.15, 0.2) is 4.34 Å². The highest BCUT2D eigenvalue weighted by molar-refractivity contribution is 8.02. The van der Waals surface area contributed by atoms with Crippen LogP contribution in [0.15, 0.2) is 40.2 Å². The summed E-state index contributed by atoms with van der Waals surface area (Å²) in [5.41, 5.74) is 1.94. The molecule has 1 aromatic carbocycles. The second-order valence-corrected chi connectivity index (χ2v) is 6.34. The molecule has 1 aromatic heterocycles. The number of carbonyl (C=O) groups is 1. The summed E-state index contributed by atoms with van der Waals surface area (Å²) < 4.78 is 0.919. The largest absolute Gasteiger partial charge is 0.325 e. The molecule has 0 aliphatic carbocycles. The maximum Gasteiger partial charge on any atom is 0.237 e. The number of anilines is 1. The molecule has 18 heavy (non-hydrogen) atoms. The molecule has 1 atom stereocenters. The fourth-order valence-electron chi connectivity index (χ4n) is 1.42. The van der Waals surface area contributed by atoms with Crippen molar-refractivity contribution in [3.8, 4) is 0 Å². The van der Waals surface area contributed by atoms with Crippen molar-refractivity contribution in [3.05, 3.63) is 41.4 Å². The van der Waals surface area contributed by atoms with Crippen molar-refractivity contribution < 1.29 is 4.79 Å². The van der Waals surface area contributed by atoms with E-state index in [1.165, 1.54) is 11.8 Å². The van der Waals surface area contributed by atoms with Crippen molar-refractivity contribution in [1.29, 1.82) is 0 Å². The third-order valence-electron chi connectivity index (χ3n) is 2.46. The Morgan fingerprint density at radius 1 is 1.44 bits per heavy atom. The van der Waals surface area contributed by atoms with Crippen LogP contribution in [-0.2, 0) is 4.79 Å². The summed E-state index contributed by atoms with van der Waals surface area (Å²) in [6.07, 6.45) is 1.75. The van der Waals surface area contributed by atoms with Crippen molar-refractivity contribution in [3.63, 3.8) is 0 Å². The van der Waals surface area contributed by atoms with E-state index in [2.05, 4.69) is 10.3 Å². The minimum atomic E-state index is -0.157. The van der Waals surface area contributed by atoms with Crippen LogP contribution in [0.3, 0.4) is 0 Å². The van der Waals surface area contributed by atoms with Crippen molar-refractivity contribution >= 4 is 34.7 Å². The molecule has 1 heterocycles. The Labute approximate surface area is 115 Å². The molecule has 3 nitrogen and oxygen atoms in total. The van der Waals surface area contributed by atoms with Crippen molar-refractivity contribution in [2.24, 2.45) is 0 Å². The normalized spacial score (nSPS) is 12.1. The van der Waals surface area contributed by atoms with E-state index in [1.54, 1.807) is 17.5 Å². The highest BCUT2D eigenvalue weighted by atomic mass is 32.2. The molecule has 2 rings (SSSR count). The van der Waals surface area contributed by atoms with Gasteiger partial charge in [-0.2, -0.15) is 0 Å². The summed E-state index contributed by atoms with van der Waals surface area (Å²) in [6.45, 7) is 3.87. The van der Waals surface area contributed by atoms with Crippen LogP contribution >= 0.6 is 23.1 Å². The second kappa shape index (κ2) is 6.02. The molecule has 1 unspecified atom stereocenters. The van der Waals surface area contributed by atoms with Crippen LogP contribution in [0.4, 0.5) is 5.69 Å². The molecule has 0 saturated carbocycles. The maximum atomic E-state index is 12.0. The number of thiazole rings is 1. The predicted octanol–water partition coefficient (Wildman–Crippen LogP) is 3.57. The number of benzene rings is 1. The fourth-order valence-corrected chi connectivity index (χ4v) is 3.19. The summed E-state index contributed by atoms with van der Waals surface area (Å²) >= 11 is 3.03. The highest BCUT2D eigenvalue weighted by Gasteiger charge is 2.16. The van der Waals surface area contributed by atoms with Gasteiger partial charge in [0.1, 0.15) is 0 Å². The van der Waals surface area contributed by atoms with Gasteiger partial charge in [-0.25, -0.2) is 4.98 Å². The van der Waals surface area contributed by atoms with Gasteiger partial charge >= 0.3 is 0 Å². The lowest BCUT2D eigenvalue weighted by Gasteiger charge is -2.12. The zero-order valence-electron chi connectivity index (χ0n) is 10.2. The molecule has 0 fully saturated rings. The summed E-state index contributed by atoms with van der Waals surface area (Å²) in [7, 11) is 0. The molecule has 1 N–H and O–H groups in total. The van der Waals surface area contributed by atoms with E-state index >= 15 is 0 Å². The smallest absolute Gasteiger partial charge is 0.237 e. The van der Waals surface area contributed by atoms with Gasteiger partial charge in [0.05, 0.1) is 5.25 Å². The van der Waals surface area contributed by atoms with Crippen molar-refractivity contribution in [2.45, 2.75) is 23.4 Å². The summed E-state index contributed by atoms with van der Waals surface area (Å²) in [5.74, 6) is 0.00417. The lowest BCUT2D eigenvalue weighted by atomic mass is 10.2. The molecular formula is C13H14N2OS2. The van der Waals surface area contributed by atoms with Crippen LogP contribution in [0.25, 0.3) is 0 Å². The molecule has 0 bridgehead atoms. The highest BCUT2D eigenvalue weighted by Crippen LogP contribution is 2.26. The third-order valence-corrected chi connectivity index (χ3v) is 4.48. The number of aryl methyl sites for hydroxylation is 1. The molecule has 0 radical (unpaired) electrons. The first-order chi connectivity index (χ1) is 8.66. The number of carbonyl (C=O) groups excluding carboxylic acids is 1. The number of thioether (sulfide) groups is 1. The standard InChI is InChI=1S/C13H14N2OS2/c1-9-5-3-4-6-11(9)15-12(16)10(2)18-13-14-7-8-17-13/h3-8,10H,1-2H3,(H,15,16). The number of aromatic nitrogens is 1. The van der Waals surface area contributed by atoms with E-state index in [0.29, 0.717) is 0 Å². The average molecular weight is 278 g/mol. The monoisotopic (exact) mass is 278 g/mol. The van der Waals surface area contributed by atoms with Gasteiger partial charge in [-0.05, 0) is 25.5 Å². The zero-order valence-corrected chi connectivity index (χ0v) is 11.8. The van der Waals surface area contributed by atoms with Crippen LogP contribution < -0.4 is 5.32 Å². The van der Waals surface area contributed by atoms with Crippen molar-refractivity contribution in [2.75, 3.05) is 5.32 Å². The molecule has 0 saturated heterocycles. The van der Waals surface area contributed by atoms with E-state index in [-0.39, 0.29) is 11.2 Å². The Morgan fingerprint density at radius 3 is 2.89 bits per heavy atom. The first-order valence-electron chi connectivity index (χ1n) is 5.59. The maximum absolute atomic E-state index is 12.0. The van der Waals surface area contributed by atoms with E-state index in [9.17, 15) is 4.79 Å². The van der Waals surface area contributed by atoms with E-state index < -0.39 is 0 Å². The number of hydrogen-bond acceptors (Lipinski definition) is 4. The number of nitrogens with one attached hydrogen (secondary N) is 1. The summed E-state index contributed by atoms with van der Waals surface area (Å²) in [6, 6.07) is 7.77. The molecular weight excluding hydrogens is 264 g/mol. The SMILES string of the molecule is Cc1ccccc1NC(=O)C(C)Sc1nccs1. The second-order valence-electron chi connectivity index (χ2n) is 3.86. The van der Waals surface area contributed by atoms with Crippen LogP contribution in [0.5, 0.6) is 0 Å². The first-order valence-corrected chi connectivity index (χ1v) is 7.35. The molecule has 2 aromatic rings. The van der Waals surface area contributed by atoms with Gasteiger partial charge in [0.2, 0.25) is 5.91 Å². The minimum absolute atomic E-state index is 0.00417. The van der Waals surface area contributed by atoms with Crippen molar-refractivity contribution in [1.82, 2.24) is 4.98 Å². The number of rotatable bonds is 4. The van der Waals surface area contributed by atoms with Gasteiger partial charge in [-0.3, -0.25) is 4.79 Å². The van der Waals surface area contributed by atoms with Gasteiger partial charge in [-0.1, -0.05) is 30.0 Å². The Kier molecular flexibility index (Phi) is 4.38. The zero-order chi connectivity index (χ0) is 13.0. The summed E-state index contributed by atoms with van der Waals surface area (Å²) in [5, 5.41) is 4.69. The lowest BCUT2D eigenvalue weighted by molar-refractivity contribution is -0.115. The van der Waals surface area contributed by atoms with E-state index in [4.69, 9.17) is 0 Å². The minimum Gasteiger partial charge on any atom is -0.325 e. The Bertz CT molecular complexity index is 526. The predicted molar refractivity (Wildman–Crippen MR) is 77.2 cm³/mol. The average Bonchev–Trinajstić information content (AvgIpc) is 2.84. The fraction of sp³-hybridized carbons (Fsp3) is 0.231. The van der Waals surface area contributed by atoms with Crippen LogP contribution in [-0.4, -0.2) is 16.1 Å².